The fraction of sp³-hybridized carbons (Fsp3) is 0.647. The number of rotatable bonds is 7. The summed E-state index contributed by atoms with van der Waals surface area (Å²) in [5.41, 5.74) is 2.34. The molecule has 0 amide bonds. The number of halogens is 2. The summed E-state index contributed by atoms with van der Waals surface area (Å²) in [5, 5.41) is 19.1. The minimum atomic E-state index is -0.481. The average Bonchev–Trinajstić information content (AvgIpc) is 2.47. The Bertz CT molecular complexity index is 449. The van der Waals surface area contributed by atoms with Crippen molar-refractivity contribution in [2.24, 2.45) is 0 Å². The van der Waals surface area contributed by atoms with Crippen molar-refractivity contribution in [3.8, 4) is 5.75 Å². The van der Waals surface area contributed by atoms with Gasteiger partial charge in [0.1, 0.15) is 18.5 Å². The molecular formula is C17H28Cl2N2O3-2. The Balaban J connectivity index is 0.00000264. The highest BCUT2D eigenvalue weighted by Gasteiger charge is 2.19. The van der Waals surface area contributed by atoms with Crippen molar-refractivity contribution in [3.63, 3.8) is 0 Å². The summed E-state index contributed by atoms with van der Waals surface area (Å²) in [6, 6.07) is 6.09. The summed E-state index contributed by atoms with van der Waals surface area (Å²) in [7, 11) is 0. The molecule has 7 heteroatoms. The van der Waals surface area contributed by atoms with E-state index in [1.165, 1.54) is 11.1 Å². The second kappa shape index (κ2) is 11.9. The third-order valence-corrected chi connectivity index (χ3v) is 3.99. The van der Waals surface area contributed by atoms with Gasteiger partial charge in [-0.15, -0.1) is 0 Å². The van der Waals surface area contributed by atoms with Crippen molar-refractivity contribution < 1.29 is 39.8 Å². The van der Waals surface area contributed by atoms with Gasteiger partial charge >= 0.3 is 0 Å². The molecule has 0 aliphatic carbocycles. The number of hydrogen-bond donors (Lipinski definition) is 2. The van der Waals surface area contributed by atoms with Crippen LogP contribution in [0.1, 0.15) is 11.1 Å². The van der Waals surface area contributed by atoms with Crippen LogP contribution < -0.4 is 29.6 Å². The Morgan fingerprint density at radius 2 is 1.54 bits per heavy atom. The lowest BCUT2D eigenvalue weighted by atomic mass is 10.1. The largest absolute Gasteiger partial charge is 1.00 e. The molecule has 1 aliphatic rings. The third kappa shape index (κ3) is 8.01. The second-order valence-electron chi connectivity index (χ2n) is 6.15. The quantitative estimate of drug-likeness (QED) is 0.496. The van der Waals surface area contributed by atoms with Crippen molar-refractivity contribution in [2.75, 3.05) is 52.5 Å². The fourth-order valence-corrected chi connectivity index (χ4v) is 2.90. The number of ether oxygens (including phenoxy) is 1. The van der Waals surface area contributed by atoms with Gasteiger partial charge in [0.2, 0.25) is 0 Å². The van der Waals surface area contributed by atoms with Crippen molar-refractivity contribution in [1.82, 2.24) is 9.80 Å². The van der Waals surface area contributed by atoms with Gasteiger partial charge in [-0.1, -0.05) is 6.07 Å². The number of aliphatic hydroxyl groups excluding tert-OH is 2. The number of β-amino-alcohol motifs (C(OH)–C–C–N with tert-alkyl or cyclic N) is 2. The summed E-state index contributed by atoms with van der Waals surface area (Å²) in [6.07, 6.45) is -0.481. The van der Waals surface area contributed by atoms with E-state index in [1.54, 1.807) is 0 Å². The van der Waals surface area contributed by atoms with E-state index >= 15 is 0 Å². The van der Waals surface area contributed by atoms with Crippen LogP contribution >= 0.6 is 0 Å². The first-order valence-corrected chi connectivity index (χ1v) is 8.01. The van der Waals surface area contributed by atoms with E-state index in [0.717, 1.165) is 38.5 Å². The molecule has 0 saturated carbocycles. The predicted octanol–water partition coefficient (Wildman–Crippen LogP) is -5.34. The topological polar surface area (TPSA) is 56.2 Å². The van der Waals surface area contributed by atoms with Crippen molar-refractivity contribution in [1.29, 1.82) is 0 Å². The summed E-state index contributed by atoms with van der Waals surface area (Å²) < 4.78 is 5.71. The van der Waals surface area contributed by atoms with Gasteiger partial charge in [0.25, 0.3) is 0 Å². The third-order valence-electron chi connectivity index (χ3n) is 3.99. The van der Waals surface area contributed by atoms with Crippen LogP contribution in [0.3, 0.4) is 0 Å². The Morgan fingerprint density at radius 3 is 2.08 bits per heavy atom. The number of hydrogen-bond acceptors (Lipinski definition) is 5. The average molecular weight is 379 g/mol. The number of piperazine rings is 1. The molecule has 1 saturated heterocycles. The van der Waals surface area contributed by atoms with Crippen LogP contribution in [0.4, 0.5) is 0 Å². The van der Waals surface area contributed by atoms with E-state index in [4.69, 9.17) is 9.84 Å². The molecule has 0 bridgehead atoms. The van der Waals surface area contributed by atoms with Gasteiger partial charge in [-0.3, -0.25) is 9.80 Å². The molecule has 2 N–H and O–H groups in total. The Morgan fingerprint density at radius 1 is 1.00 bits per heavy atom. The van der Waals surface area contributed by atoms with Crippen LogP contribution in [-0.2, 0) is 0 Å². The minimum Gasteiger partial charge on any atom is -1.00 e. The van der Waals surface area contributed by atoms with Gasteiger partial charge < -0.3 is 39.8 Å². The van der Waals surface area contributed by atoms with Crippen LogP contribution in [0.2, 0.25) is 0 Å². The Labute approximate surface area is 157 Å². The molecular weight excluding hydrogens is 351 g/mol. The lowest BCUT2D eigenvalue weighted by molar-refractivity contribution is -0.00100. The molecule has 1 heterocycles. The van der Waals surface area contributed by atoms with E-state index in [-0.39, 0.29) is 31.4 Å². The molecule has 0 spiro atoms. The molecule has 24 heavy (non-hydrogen) atoms. The standard InChI is InChI=1S/C17H28N2O3.2ClH/c1-14-9-15(2)11-17(10-14)22-13-16(21)12-19-5-3-18(4-6-19)7-8-20;;/h9-11,16,20-21H,3-8,12-13H2,1-2H3;2*1H/p-2. The highest BCUT2D eigenvalue weighted by Crippen LogP contribution is 2.16. The Kier molecular flexibility index (Phi) is 11.6. The highest BCUT2D eigenvalue weighted by atomic mass is 35.5. The van der Waals surface area contributed by atoms with Crippen molar-refractivity contribution in [3.05, 3.63) is 29.3 Å². The number of aliphatic hydroxyl groups is 2. The maximum Gasteiger partial charge on any atom is 0.119 e. The van der Waals surface area contributed by atoms with Gasteiger partial charge in [-0.05, 0) is 37.1 Å². The number of benzene rings is 1. The van der Waals surface area contributed by atoms with Gasteiger partial charge in [-0.2, -0.15) is 0 Å². The first kappa shape index (κ1) is 23.4. The molecule has 0 aromatic heterocycles. The maximum atomic E-state index is 10.2. The zero-order chi connectivity index (χ0) is 15.9. The lowest BCUT2D eigenvalue weighted by Gasteiger charge is -2.35. The zero-order valence-corrected chi connectivity index (χ0v) is 15.9. The van der Waals surface area contributed by atoms with Crippen LogP contribution in [0.25, 0.3) is 0 Å². The van der Waals surface area contributed by atoms with Gasteiger partial charge in [0, 0.05) is 39.3 Å². The first-order chi connectivity index (χ1) is 10.6. The highest BCUT2D eigenvalue weighted by molar-refractivity contribution is 5.32. The van der Waals surface area contributed by atoms with E-state index < -0.39 is 6.10 Å². The normalized spacial score (nSPS) is 16.8. The second-order valence-corrected chi connectivity index (χ2v) is 6.15. The molecule has 2 rings (SSSR count). The van der Waals surface area contributed by atoms with E-state index in [9.17, 15) is 5.11 Å². The molecule has 1 aliphatic heterocycles. The lowest BCUT2D eigenvalue weighted by Crippen LogP contribution is -3.00. The summed E-state index contributed by atoms with van der Waals surface area (Å²) in [6.45, 7) is 9.76. The van der Waals surface area contributed by atoms with E-state index in [2.05, 4.69) is 15.9 Å². The summed E-state index contributed by atoms with van der Waals surface area (Å²) in [5.74, 6) is 0.823. The number of nitrogens with zero attached hydrogens (tertiary/aromatic N) is 2. The molecule has 1 aromatic carbocycles. The first-order valence-electron chi connectivity index (χ1n) is 8.01. The molecule has 1 unspecified atom stereocenters. The van der Waals surface area contributed by atoms with Crippen molar-refractivity contribution >= 4 is 0 Å². The monoisotopic (exact) mass is 378 g/mol. The van der Waals surface area contributed by atoms with Gasteiger partial charge in [-0.25, -0.2) is 0 Å². The molecule has 1 atom stereocenters. The smallest absolute Gasteiger partial charge is 0.119 e. The van der Waals surface area contributed by atoms with Crippen LogP contribution in [-0.4, -0.2) is 78.6 Å². The molecule has 1 fully saturated rings. The minimum absolute atomic E-state index is 0. The van der Waals surface area contributed by atoms with E-state index in [1.807, 2.05) is 26.0 Å². The SMILES string of the molecule is Cc1cc(C)cc(OCC(O)CN2CCN(CCO)CC2)c1.[Cl-].[Cl-]. The Hall–Kier alpha value is -0.560. The van der Waals surface area contributed by atoms with Crippen molar-refractivity contribution in [2.45, 2.75) is 20.0 Å². The molecule has 1 aromatic rings. The molecule has 140 valence electrons. The number of aryl methyl sites for hydroxylation is 2. The van der Waals surface area contributed by atoms with Crippen LogP contribution in [0.5, 0.6) is 5.75 Å². The summed E-state index contributed by atoms with van der Waals surface area (Å²) in [4.78, 5) is 4.50. The molecule has 5 nitrogen and oxygen atoms in total. The van der Waals surface area contributed by atoms with Crippen LogP contribution in [0, 0.1) is 13.8 Å². The predicted molar refractivity (Wildman–Crippen MR) is 87.4 cm³/mol. The maximum absolute atomic E-state index is 10.2. The fourth-order valence-electron chi connectivity index (χ4n) is 2.90. The summed E-state index contributed by atoms with van der Waals surface area (Å²) >= 11 is 0. The van der Waals surface area contributed by atoms with Gasteiger partial charge in [0.15, 0.2) is 0 Å². The zero-order valence-electron chi connectivity index (χ0n) is 14.4. The van der Waals surface area contributed by atoms with Crippen LogP contribution in [0.15, 0.2) is 18.2 Å². The molecule has 0 radical (unpaired) electrons. The van der Waals surface area contributed by atoms with E-state index in [0.29, 0.717) is 13.2 Å². The van der Waals surface area contributed by atoms with Gasteiger partial charge in [0.05, 0.1) is 6.61 Å².